The van der Waals surface area contributed by atoms with Crippen molar-refractivity contribution in [2.24, 2.45) is 0 Å². The average molecular weight is 419 g/mol. The lowest BCUT2D eigenvalue weighted by molar-refractivity contribution is -0.120. The van der Waals surface area contributed by atoms with Gasteiger partial charge >= 0.3 is 0 Å². The van der Waals surface area contributed by atoms with E-state index in [1.807, 2.05) is 30.3 Å². The van der Waals surface area contributed by atoms with Crippen LogP contribution in [0.5, 0.6) is 0 Å². The Morgan fingerprint density at radius 1 is 1.10 bits per heavy atom. The first-order valence-electron chi connectivity index (χ1n) is 9.66. The predicted molar refractivity (Wildman–Crippen MR) is 113 cm³/mol. The Balaban J connectivity index is 1.51. The van der Waals surface area contributed by atoms with Crippen LogP contribution in [0.25, 0.3) is 16.7 Å². The molecule has 1 amide bonds. The molecule has 1 unspecified atom stereocenters. The van der Waals surface area contributed by atoms with Gasteiger partial charge in [-0.3, -0.25) is 4.79 Å². The quantitative estimate of drug-likeness (QED) is 0.377. The van der Waals surface area contributed by atoms with E-state index in [1.54, 1.807) is 23.0 Å². The lowest BCUT2D eigenvalue weighted by Crippen LogP contribution is -2.29. The van der Waals surface area contributed by atoms with Crippen molar-refractivity contribution in [2.45, 2.75) is 29.2 Å². The largest absolute Gasteiger partial charge is 0.352 e. The Morgan fingerprint density at radius 3 is 2.60 bits per heavy atom. The molecule has 6 nitrogen and oxygen atoms in total. The van der Waals surface area contributed by atoms with Gasteiger partial charge in [0.1, 0.15) is 22.4 Å². The highest BCUT2D eigenvalue weighted by Crippen LogP contribution is 2.38. The standard InChI is InChI=1S/C22H18FN5OS/c23-15-6-10-17(11-7-15)28-20-18(12-26-28)22(25-13-24-20)30-19(14-4-2-1-3-5-14)21(29)27-16-8-9-16/h1-7,10-13,16,19H,8-9H2,(H,27,29). The molecule has 5 rings (SSSR count). The maximum absolute atomic E-state index is 13.3. The van der Waals surface area contributed by atoms with E-state index in [1.165, 1.54) is 30.2 Å². The van der Waals surface area contributed by atoms with Crippen LogP contribution < -0.4 is 5.32 Å². The van der Waals surface area contributed by atoms with Gasteiger partial charge in [-0.05, 0) is 42.7 Å². The first-order chi connectivity index (χ1) is 14.7. The summed E-state index contributed by atoms with van der Waals surface area (Å²) in [4.78, 5) is 21.8. The van der Waals surface area contributed by atoms with Crippen LogP contribution in [0.1, 0.15) is 23.7 Å². The van der Waals surface area contributed by atoms with E-state index in [0.717, 1.165) is 23.8 Å². The maximum Gasteiger partial charge on any atom is 0.238 e. The summed E-state index contributed by atoms with van der Waals surface area (Å²) in [5, 5.41) is 8.50. The number of rotatable bonds is 6. The van der Waals surface area contributed by atoms with Gasteiger partial charge in [0, 0.05) is 6.04 Å². The van der Waals surface area contributed by atoms with E-state index in [-0.39, 0.29) is 17.8 Å². The zero-order valence-corrected chi connectivity index (χ0v) is 16.7. The average Bonchev–Trinajstić information content (AvgIpc) is 3.48. The van der Waals surface area contributed by atoms with Crippen LogP contribution in [0.2, 0.25) is 0 Å². The Labute approximate surface area is 176 Å². The number of hydrogen-bond donors (Lipinski definition) is 1. The second-order valence-corrected chi connectivity index (χ2v) is 8.23. The van der Waals surface area contributed by atoms with Crippen LogP contribution in [-0.4, -0.2) is 31.7 Å². The van der Waals surface area contributed by atoms with Crippen LogP contribution in [0.3, 0.4) is 0 Å². The molecular formula is C22H18FN5OS. The van der Waals surface area contributed by atoms with Gasteiger partial charge in [-0.15, -0.1) is 0 Å². The number of carbonyl (C=O) groups is 1. The van der Waals surface area contributed by atoms with Crippen molar-refractivity contribution in [2.75, 3.05) is 0 Å². The molecule has 150 valence electrons. The van der Waals surface area contributed by atoms with Crippen molar-refractivity contribution in [3.05, 3.63) is 78.5 Å². The topological polar surface area (TPSA) is 72.7 Å². The summed E-state index contributed by atoms with van der Waals surface area (Å²) in [7, 11) is 0. The Morgan fingerprint density at radius 2 is 1.87 bits per heavy atom. The molecule has 2 heterocycles. The number of carbonyl (C=O) groups excluding carboxylic acids is 1. The SMILES string of the molecule is O=C(NC1CC1)C(Sc1ncnc2c1cnn2-c1ccc(F)cc1)c1ccccc1. The smallest absolute Gasteiger partial charge is 0.238 e. The van der Waals surface area contributed by atoms with E-state index in [9.17, 15) is 9.18 Å². The predicted octanol–water partition coefficient (Wildman–Crippen LogP) is 4.07. The van der Waals surface area contributed by atoms with Crippen molar-refractivity contribution in [3.63, 3.8) is 0 Å². The second kappa shape index (κ2) is 7.87. The Kier molecular flexibility index (Phi) is 4.92. The molecule has 0 radical (unpaired) electrons. The summed E-state index contributed by atoms with van der Waals surface area (Å²) in [5.41, 5.74) is 2.22. The van der Waals surface area contributed by atoms with Gasteiger partial charge in [-0.25, -0.2) is 19.0 Å². The fourth-order valence-electron chi connectivity index (χ4n) is 3.20. The fraction of sp³-hybridized carbons (Fsp3) is 0.182. The zero-order chi connectivity index (χ0) is 20.5. The molecule has 2 aromatic carbocycles. The minimum atomic E-state index is -0.431. The molecule has 1 saturated carbocycles. The summed E-state index contributed by atoms with van der Waals surface area (Å²) in [6.07, 6.45) is 5.20. The molecule has 0 bridgehead atoms. The van der Waals surface area contributed by atoms with E-state index >= 15 is 0 Å². The summed E-state index contributed by atoms with van der Waals surface area (Å²) >= 11 is 1.38. The molecule has 0 spiro atoms. The molecule has 30 heavy (non-hydrogen) atoms. The summed E-state index contributed by atoms with van der Waals surface area (Å²) < 4.78 is 14.9. The molecule has 0 saturated heterocycles. The third kappa shape index (κ3) is 3.78. The van der Waals surface area contributed by atoms with Gasteiger partial charge < -0.3 is 5.32 Å². The summed E-state index contributed by atoms with van der Waals surface area (Å²) in [5.74, 6) is -0.333. The van der Waals surface area contributed by atoms with Crippen molar-refractivity contribution in [1.29, 1.82) is 0 Å². The van der Waals surface area contributed by atoms with Crippen LogP contribution in [0.15, 0.2) is 72.1 Å². The third-order valence-corrected chi connectivity index (χ3v) is 6.16. The molecule has 4 aromatic rings. The number of thioether (sulfide) groups is 1. The molecular weight excluding hydrogens is 401 g/mol. The maximum atomic E-state index is 13.3. The monoisotopic (exact) mass is 419 g/mol. The number of amides is 1. The molecule has 1 aliphatic rings. The lowest BCUT2D eigenvalue weighted by atomic mass is 10.1. The van der Waals surface area contributed by atoms with Gasteiger partial charge in [-0.1, -0.05) is 42.1 Å². The van der Waals surface area contributed by atoms with Crippen LogP contribution in [0.4, 0.5) is 4.39 Å². The second-order valence-electron chi connectivity index (χ2n) is 7.14. The molecule has 1 N–H and O–H groups in total. The first kappa shape index (κ1) is 18.7. The number of fused-ring (bicyclic) bond motifs is 1. The molecule has 1 fully saturated rings. The van der Waals surface area contributed by atoms with Crippen LogP contribution in [-0.2, 0) is 4.79 Å². The number of halogens is 1. The molecule has 1 aliphatic carbocycles. The number of hydrogen-bond acceptors (Lipinski definition) is 5. The van der Waals surface area contributed by atoms with E-state index in [0.29, 0.717) is 16.4 Å². The first-order valence-corrected chi connectivity index (χ1v) is 10.5. The minimum absolute atomic E-state index is 0.0219. The highest BCUT2D eigenvalue weighted by Gasteiger charge is 2.30. The van der Waals surface area contributed by atoms with E-state index in [4.69, 9.17) is 0 Å². The fourth-order valence-corrected chi connectivity index (χ4v) is 4.28. The molecule has 8 heteroatoms. The Hall–Kier alpha value is -3.26. The molecule has 2 aromatic heterocycles. The summed E-state index contributed by atoms with van der Waals surface area (Å²) in [6.45, 7) is 0. The lowest BCUT2D eigenvalue weighted by Gasteiger charge is -2.16. The number of benzene rings is 2. The number of aromatic nitrogens is 4. The van der Waals surface area contributed by atoms with Gasteiger partial charge in [-0.2, -0.15) is 5.10 Å². The van der Waals surface area contributed by atoms with Gasteiger partial charge in [0.2, 0.25) is 5.91 Å². The van der Waals surface area contributed by atoms with Crippen LogP contribution >= 0.6 is 11.8 Å². The third-order valence-electron chi connectivity index (χ3n) is 4.89. The van der Waals surface area contributed by atoms with Crippen molar-refractivity contribution < 1.29 is 9.18 Å². The highest BCUT2D eigenvalue weighted by molar-refractivity contribution is 8.00. The van der Waals surface area contributed by atoms with E-state index < -0.39 is 5.25 Å². The highest BCUT2D eigenvalue weighted by atomic mass is 32.2. The number of nitrogens with one attached hydrogen (secondary N) is 1. The number of nitrogens with zero attached hydrogens (tertiary/aromatic N) is 4. The van der Waals surface area contributed by atoms with Crippen LogP contribution in [0, 0.1) is 5.82 Å². The zero-order valence-electron chi connectivity index (χ0n) is 15.9. The van der Waals surface area contributed by atoms with Crippen molar-refractivity contribution in [1.82, 2.24) is 25.1 Å². The molecule has 0 aliphatic heterocycles. The van der Waals surface area contributed by atoms with Gasteiger partial charge in [0.15, 0.2) is 5.65 Å². The van der Waals surface area contributed by atoms with Crippen molar-refractivity contribution in [3.8, 4) is 5.69 Å². The Bertz CT molecular complexity index is 1190. The molecule has 1 atom stereocenters. The van der Waals surface area contributed by atoms with E-state index in [2.05, 4.69) is 20.4 Å². The summed E-state index contributed by atoms with van der Waals surface area (Å²) in [6, 6.07) is 16.0. The normalized spacial score (nSPS) is 14.6. The minimum Gasteiger partial charge on any atom is -0.352 e. The van der Waals surface area contributed by atoms with Crippen molar-refractivity contribution >= 4 is 28.7 Å². The van der Waals surface area contributed by atoms with Gasteiger partial charge in [0.25, 0.3) is 0 Å². The van der Waals surface area contributed by atoms with Gasteiger partial charge in [0.05, 0.1) is 17.3 Å².